The van der Waals surface area contributed by atoms with Crippen LogP contribution in [0.4, 0.5) is 5.69 Å². The van der Waals surface area contributed by atoms with Gasteiger partial charge in [0.05, 0.1) is 34.7 Å². The first-order valence-electron chi connectivity index (χ1n) is 10.7. The van der Waals surface area contributed by atoms with Gasteiger partial charge in [-0.15, -0.1) is 0 Å². The summed E-state index contributed by atoms with van der Waals surface area (Å²) in [5, 5.41) is 10.5. The Hall–Kier alpha value is -2.87. The molecular weight excluding hydrogens is 461 g/mol. The fourth-order valence-corrected chi connectivity index (χ4v) is 4.52. The van der Waals surface area contributed by atoms with Crippen LogP contribution >= 0.6 is 23.2 Å². The molecule has 3 N–H and O–H groups in total. The van der Waals surface area contributed by atoms with Crippen LogP contribution in [-0.4, -0.2) is 42.6 Å². The fourth-order valence-electron chi connectivity index (χ4n) is 3.88. The van der Waals surface area contributed by atoms with Crippen molar-refractivity contribution < 1.29 is 9.53 Å². The van der Waals surface area contributed by atoms with Crippen molar-refractivity contribution in [2.24, 2.45) is 0 Å². The normalized spacial score (nSPS) is 15.4. The van der Waals surface area contributed by atoms with Crippen molar-refractivity contribution in [3.05, 3.63) is 58.3 Å². The Morgan fingerprint density at radius 2 is 1.85 bits per heavy atom. The van der Waals surface area contributed by atoms with Crippen LogP contribution in [0.25, 0.3) is 22.4 Å². The standard InChI is InChI=1S/C24H25Cl2N5O2/c1-27-18-8-4-6-16(23(18)26)15-5-3-7-17(22(15)25)19-13-29-20(24(31-19)33-2)12-28-11-14-9-10-21(32)30-14/h3-8,13-14,27-28H,9-12H2,1-2H3,(H,30,32). The molecule has 0 radical (unpaired) electrons. The molecule has 0 spiro atoms. The zero-order valence-electron chi connectivity index (χ0n) is 18.4. The molecule has 1 aromatic heterocycles. The maximum atomic E-state index is 11.3. The van der Waals surface area contributed by atoms with E-state index in [2.05, 4.69) is 25.9 Å². The van der Waals surface area contributed by atoms with E-state index in [1.165, 1.54) is 0 Å². The molecule has 0 saturated carbocycles. The molecule has 33 heavy (non-hydrogen) atoms. The first-order chi connectivity index (χ1) is 16.0. The summed E-state index contributed by atoms with van der Waals surface area (Å²) in [5.74, 6) is 0.522. The second kappa shape index (κ2) is 10.4. The summed E-state index contributed by atoms with van der Waals surface area (Å²) in [4.78, 5) is 20.6. The molecule has 172 valence electrons. The molecule has 9 heteroatoms. The number of hydrogen-bond acceptors (Lipinski definition) is 6. The molecule has 1 unspecified atom stereocenters. The number of carbonyl (C=O) groups excluding carboxylic acids is 1. The Morgan fingerprint density at radius 1 is 1.12 bits per heavy atom. The van der Waals surface area contributed by atoms with Gasteiger partial charge in [-0.1, -0.05) is 53.5 Å². The van der Waals surface area contributed by atoms with E-state index in [9.17, 15) is 4.79 Å². The van der Waals surface area contributed by atoms with Gasteiger partial charge in [0.1, 0.15) is 5.69 Å². The lowest BCUT2D eigenvalue weighted by Gasteiger charge is -2.15. The molecule has 1 fully saturated rings. The summed E-state index contributed by atoms with van der Waals surface area (Å²) in [6.45, 7) is 1.14. The number of methoxy groups -OCH3 is 1. The summed E-state index contributed by atoms with van der Waals surface area (Å²) in [5.41, 5.74) is 4.48. The van der Waals surface area contributed by atoms with Gasteiger partial charge in [-0.2, -0.15) is 0 Å². The number of halogens is 2. The Kier molecular flexibility index (Phi) is 7.33. The van der Waals surface area contributed by atoms with Crippen LogP contribution in [0, 0.1) is 0 Å². The zero-order valence-corrected chi connectivity index (χ0v) is 19.9. The molecule has 2 heterocycles. The minimum Gasteiger partial charge on any atom is -0.480 e. The van der Waals surface area contributed by atoms with E-state index in [0.29, 0.717) is 46.8 Å². The fraction of sp³-hybridized carbons (Fsp3) is 0.292. The van der Waals surface area contributed by atoms with Gasteiger partial charge in [-0.3, -0.25) is 9.78 Å². The number of anilines is 1. The van der Waals surface area contributed by atoms with Crippen LogP contribution in [0.1, 0.15) is 18.5 Å². The Bertz CT molecular complexity index is 1170. The highest BCUT2D eigenvalue weighted by Gasteiger charge is 2.21. The molecule has 1 atom stereocenters. The highest BCUT2D eigenvalue weighted by molar-refractivity contribution is 6.39. The Balaban J connectivity index is 1.58. The largest absolute Gasteiger partial charge is 0.480 e. The lowest BCUT2D eigenvalue weighted by molar-refractivity contribution is -0.119. The third-order valence-electron chi connectivity index (χ3n) is 5.61. The van der Waals surface area contributed by atoms with Crippen LogP contribution in [0.2, 0.25) is 10.0 Å². The van der Waals surface area contributed by atoms with Crippen LogP contribution in [0.5, 0.6) is 5.88 Å². The SMILES string of the molecule is CNc1cccc(-c2cccc(-c3cnc(CNCC4CCC(=O)N4)c(OC)n3)c2Cl)c1Cl. The molecule has 7 nitrogen and oxygen atoms in total. The summed E-state index contributed by atoms with van der Waals surface area (Å²) < 4.78 is 5.50. The number of amides is 1. The topological polar surface area (TPSA) is 88.2 Å². The van der Waals surface area contributed by atoms with Crippen molar-refractivity contribution in [3.63, 3.8) is 0 Å². The van der Waals surface area contributed by atoms with Crippen LogP contribution in [0.15, 0.2) is 42.6 Å². The molecule has 1 saturated heterocycles. The average Bonchev–Trinajstić information content (AvgIpc) is 3.25. The molecule has 1 aliphatic rings. The van der Waals surface area contributed by atoms with Crippen molar-refractivity contribution in [2.45, 2.75) is 25.4 Å². The zero-order chi connectivity index (χ0) is 23.4. The molecule has 4 rings (SSSR count). The molecular formula is C24H25Cl2N5O2. The van der Waals surface area contributed by atoms with E-state index in [1.807, 2.05) is 43.4 Å². The summed E-state index contributed by atoms with van der Waals surface area (Å²) in [7, 11) is 3.39. The molecule has 1 amide bonds. The van der Waals surface area contributed by atoms with Crippen molar-refractivity contribution in [1.82, 2.24) is 20.6 Å². The van der Waals surface area contributed by atoms with Crippen LogP contribution in [-0.2, 0) is 11.3 Å². The van der Waals surface area contributed by atoms with Crippen molar-refractivity contribution in [1.29, 1.82) is 0 Å². The van der Waals surface area contributed by atoms with E-state index in [1.54, 1.807) is 13.3 Å². The number of benzene rings is 2. The van der Waals surface area contributed by atoms with E-state index in [-0.39, 0.29) is 11.9 Å². The minimum atomic E-state index is 0.0987. The summed E-state index contributed by atoms with van der Waals surface area (Å²) in [6, 6.07) is 11.7. The number of nitrogens with one attached hydrogen (secondary N) is 3. The number of carbonyl (C=O) groups is 1. The first-order valence-corrected chi connectivity index (χ1v) is 11.4. The van der Waals surface area contributed by atoms with E-state index >= 15 is 0 Å². The average molecular weight is 486 g/mol. The number of rotatable bonds is 8. The van der Waals surface area contributed by atoms with E-state index in [0.717, 1.165) is 28.8 Å². The highest BCUT2D eigenvalue weighted by atomic mass is 35.5. The van der Waals surface area contributed by atoms with Crippen LogP contribution < -0.4 is 20.7 Å². The van der Waals surface area contributed by atoms with Gasteiger partial charge < -0.3 is 20.7 Å². The van der Waals surface area contributed by atoms with Gasteiger partial charge in [0.25, 0.3) is 0 Å². The monoisotopic (exact) mass is 485 g/mol. The van der Waals surface area contributed by atoms with Crippen LogP contribution in [0.3, 0.4) is 0 Å². The Labute approximate surface area is 202 Å². The summed E-state index contributed by atoms with van der Waals surface area (Å²) in [6.07, 6.45) is 3.10. The second-order valence-electron chi connectivity index (χ2n) is 7.73. The number of aromatic nitrogens is 2. The molecule has 1 aliphatic heterocycles. The molecule has 0 aliphatic carbocycles. The van der Waals surface area contributed by atoms with Gasteiger partial charge in [0.15, 0.2) is 0 Å². The maximum absolute atomic E-state index is 11.3. The molecule has 0 bridgehead atoms. The smallest absolute Gasteiger partial charge is 0.237 e. The first kappa shape index (κ1) is 23.3. The predicted octanol–water partition coefficient (Wildman–Crippen LogP) is 4.54. The number of ether oxygens (including phenoxy) is 1. The van der Waals surface area contributed by atoms with Crippen molar-refractivity contribution >= 4 is 34.8 Å². The second-order valence-corrected chi connectivity index (χ2v) is 8.49. The van der Waals surface area contributed by atoms with Crippen molar-refractivity contribution in [3.8, 4) is 28.3 Å². The van der Waals surface area contributed by atoms with E-state index < -0.39 is 0 Å². The third-order valence-corrected chi connectivity index (χ3v) is 6.42. The Morgan fingerprint density at radius 3 is 2.55 bits per heavy atom. The number of hydrogen-bond donors (Lipinski definition) is 3. The lowest BCUT2D eigenvalue weighted by Crippen LogP contribution is -2.35. The van der Waals surface area contributed by atoms with Gasteiger partial charge in [-0.25, -0.2) is 4.98 Å². The third kappa shape index (κ3) is 5.05. The maximum Gasteiger partial charge on any atom is 0.237 e. The van der Waals surface area contributed by atoms with Gasteiger partial charge >= 0.3 is 0 Å². The van der Waals surface area contributed by atoms with Gasteiger partial charge in [-0.05, 0) is 12.5 Å². The van der Waals surface area contributed by atoms with Gasteiger partial charge in [0.2, 0.25) is 11.8 Å². The molecule has 3 aromatic rings. The number of nitrogens with zero attached hydrogens (tertiary/aromatic N) is 2. The summed E-state index contributed by atoms with van der Waals surface area (Å²) >= 11 is 13.4. The molecule has 2 aromatic carbocycles. The van der Waals surface area contributed by atoms with Gasteiger partial charge in [0, 0.05) is 49.3 Å². The minimum absolute atomic E-state index is 0.0987. The highest BCUT2D eigenvalue weighted by Crippen LogP contribution is 2.41. The quantitative estimate of drug-likeness (QED) is 0.434. The lowest BCUT2D eigenvalue weighted by atomic mass is 10.0. The van der Waals surface area contributed by atoms with E-state index in [4.69, 9.17) is 27.9 Å². The predicted molar refractivity (Wildman–Crippen MR) is 132 cm³/mol. The van der Waals surface area contributed by atoms with Crippen molar-refractivity contribution in [2.75, 3.05) is 26.0 Å².